The van der Waals surface area contributed by atoms with E-state index in [9.17, 15) is 9.18 Å². The van der Waals surface area contributed by atoms with Gasteiger partial charge in [0.2, 0.25) is 0 Å². The SMILES string of the molecule is CCC(CO)(CO)NC(=O)c1ccncc1F. The van der Waals surface area contributed by atoms with Gasteiger partial charge in [-0.1, -0.05) is 6.92 Å². The van der Waals surface area contributed by atoms with Crippen molar-refractivity contribution in [2.24, 2.45) is 0 Å². The number of pyridine rings is 1. The number of nitrogens with one attached hydrogen (secondary N) is 1. The van der Waals surface area contributed by atoms with Crippen LogP contribution in [0.1, 0.15) is 23.7 Å². The number of aliphatic hydroxyl groups excluding tert-OH is 2. The fourth-order valence-corrected chi connectivity index (χ4v) is 1.31. The second-order valence-electron chi connectivity index (χ2n) is 3.76. The van der Waals surface area contributed by atoms with Crippen molar-refractivity contribution in [2.75, 3.05) is 13.2 Å². The normalized spacial score (nSPS) is 11.3. The van der Waals surface area contributed by atoms with E-state index in [1.54, 1.807) is 6.92 Å². The molecular weight excluding hydrogens is 227 g/mol. The molecule has 0 saturated carbocycles. The largest absolute Gasteiger partial charge is 0.394 e. The molecule has 94 valence electrons. The molecule has 1 aromatic heterocycles. The first-order valence-corrected chi connectivity index (χ1v) is 5.22. The van der Waals surface area contributed by atoms with Crippen molar-refractivity contribution < 1.29 is 19.4 Å². The molecule has 3 N–H and O–H groups in total. The van der Waals surface area contributed by atoms with Crippen LogP contribution in [0.15, 0.2) is 18.5 Å². The fraction of sp³-hybridized carbons (Fsp3) is 0.455. The van der Waals surface area contributed by atoms with Crippen molar-refractivity contribution >= 4 is 5.91 Å². The summed E-state index contributed by atoms with van der Waals surface area (Å²) in [6.45, 7) is 0.868. The van der Waals surface area contributed by atoms with Crippen molar-refractivity contribution in [3.05, 3.63) is 29.8 Å². The predicted octanol–water partition coefficient (Wildman–Crippen LogP) is 0.0839. The quantitative estimate of drug-likeness (QED) is 0.683. The molecule has 5 nitrogen and oxygen atoms in total. The Labute approximate surface area is 98.3 Å². The van der Waals surface area contributed by atoms with Crippen LogP contribution in [0.25, 0.3) is 0 Å². The summed E-state index contributed by atoms with van der Waals surface area (Å²) in [5.41, 5.74) is -1.30. The summed E-state index contributed by atoms with van der Waals surface area (Å²) in [6, 6.07) is 1.24. The van der Waals surface area contributed by atoms with Crippen LogP contribution in [-0.2, 0) is 0 Å². The summed E-state index contributed by atoms with van der Waals surface area (Å²) < 4.78 is 13.3. The van der Waals surface area contributed by atoms with Crippen LogP contribution in [0.3, 0.4) is 0 Å². The molecule has 1 heterocycles. The number of amides is 1. The second-order valence-corrected chi connectivity index (χ2v) is 3.76. The Morgan fingerprint density at radius 3 is 2.65 bits per heavy atom. The van der Waals surface area contributed by atoms with Gasteiger partial charge in [-0.3, -0.25) is 9.78 Å². The third-order valence-corrected chi connectivity index (χ3v) is 2.68. The first-order valence-electron chi connectivity index (χ1n) is 5.22. The lowest BCUT2D eigenvalue weighted by Gasteiger charge is -2.29. The Kier molecular flexibility index (Phi) is 4.53. The number of hydrogen-bond donors (Lipinski definition) is 3. The van der Waals surface area contributed by atoms with Crippen LogP contribution in [0, 0.1) is 5.82 Å². The number of aliphatic hydroxyl groups is 2. The fourth-order valence-electron chi connectivity index (χ4n) is 1.31. The zero-order valence-electron chi connectivity index (χ0n) is 9.48. The number of aromatic nitrogens is 1. The van der Waals surface area contributed by atoms with E-state index in [0.717, 1.165) is 6.20 Å². The molecule has 0 atom stereocenters. The molecule has 0 bridgehead atoms. The highest BCUT2D eigenvalue weighted by atomic mass is 19.1. The monoisotopic (exact) mass is 242 g/mol. The third-order valence-electron chi connectivity index (χ3n) is 2.68. The molecule has 6 heteroatoms. The van der Waals surface area contributed by atoms with Crippen molar-refractivity contribution in [3.8, 4) is 0 Å². The van der Waals surface area contributed by atoms with Gasteiger partial charge in [-0.05, 0) is 12.5 Å². The minimum Gasteiger partial charge on any atom is -0.394 e. The van der Waals surface area contributed by atoms with Gasteiger partial charge in [0.25, 0.3) is 5.91 Å². The van der Waals surface area contributed by atoms with Crippen LogP contribution in [0.5, 0.6) is 0 Å². The summed E-state index contributed by atoms with van der Waals surface area (Å²) >= 11 is 0. The first-order chi connectivity index (χ1) is 8.08. The third kappa shape index (κ3) is 2.98. The molecule has 0 fully saturated rings. The molecule has 1 aromatic rings. The van der Waals surface area contributed by atoms with E-state index in [4.69, 9.17) is 10.2 Å². The van der Waals surface area contributed by atoms with Gasteiger partial charge in [-0.25, -0.2) is 4.39 Å². The van der Waals surface area contributed by atoms with Crippen LogP contribution >= 0.6 is 0 Å². The molecular formula is C11H15FN2O3. The van der Waals surface area contributed by atoms with Crippen LogP contribution < -0.4 is 5.32 Å². The average molecular weight is 242 g/mol. The molecule has 0 saturated heterocycles. The molecule has 0 aromatic carbocycles. The Bertz CT molecular complexity index is 386. The highest BCUT2D eigenvalue weighted by molar-refractivity contribution is 5.94. The van der Waals surface area contributed by atoms with Crippen molar-refractivity contribution in [2.45, 2.75) is 18.9 Å². The Morgan fingerprint density at radius 1 is 1.53 bits per heavy atom. The second kappa shape index (κ2) is 5.70. The lowest BCUT2D eigenvalue weighted by molar-refractivity contribution is 0.0649. The molecule has 0 aliphatic rings. The molecule has 0 spiro atoms. The van der Waals surface area contributed by atoms with Gasteiger partial charge in [0, 0.05) is 6.20 Å². The molecule has 0 radical (unpaired) electrons. The molecule has 0 aliphatic carbocycles. The maximum atomic E-state index is 13.3. The number of carbonyl (C=O) groups is 1. The van der Waals surface area contributed by atoms with Crippen molar-refractivity contribution in [1.82, 2.24) is 10.3 Å². The van der Waals surface area contributed by atoms with Gasteiger partial charge < -0.3 is 15.5 Å². The van der Waals surface area contributed by atoms with E-state index in [0.29, 0.717) is 6.42 Å². The summed E-state index contributed by atoms with van der Waals surface area (Å²) in [4.78, 5) is 15.3. The Morgan fingerprint density at radius 2 is 2.18 bits per heavy atom. The van der Waals surface area contributed by atoms with Crippen molar-refractivity contribution in [1.29, 1.82) is 0 Å². The zero-order valence-corrected chi connectivity index (χ0v) is 9.48. The van der Waals surface area contributed by atoms with E-state index in [1.807, 2.05) is 0 Å². The highest BCUT2D eigenvalue weighted by Gasteiger charge is 2.29. The minimum atomic E-state index is -1.13. The van der Waals surface area contributed by atoms with Crippen LogP contribution in [-0.4, -0.2) is 39.9 Å². The Balaban J connectivity index is 2.89. The number of nitrogens with zero attached hydrogens (tertiary/aromatic N) is 1. The average Bonchev–Trinajstić information content (AvgIpc) is 2.36. The molecule has 17 heavy (non-hydrogen) atoms. The lowest BCUT2D eigenvalue weighted by Crippen LogP contribution is -2.53. The van der Waals surface area contributed by atoms with E-state index >= 15 is 0 Å². The summed E-state index contributed by atoms with van der Waals surface area (Å²) in [7, 11) is 0. The lowest BCUT2D eigenvalue weighted by atomic mass is 9.98. The first kappa shape index (κ1) is 13.5. The van der Waals surface area contributed by atoms with Crippen molar-refractivity contribution in [3.63, 3.8) is 0 Å². The van der Waals surface area contributed by atoms with E-state index in [2.05, 4.69) is 10.3 Å². The molecule has 0 unspecified atom stereocenters. The van der Waals surface area contributed by atoms with Gasteiger partial charge in [0.05, 0.1) is 30.5 Å². The smallest absolute Gasteiger partial charge is 0.254 e. The summed E-state index contributed by atoms with van der Waals surface area (Å²) in [6.07, 6.45) is 2.56. The van der Waals surface area contributed by atoms with Gasteiger partial charge in [0.15, 0.2) is 5.82 Å². The number of carbonyl (C=O) groups excluding carboxylic acids is 1. The van der Waals surface area contributed by atoms with Gasteiger partial charge >= 0.3 is 0 Å². The molecule has 1 amide bonds. The standard InChI is InChI=1S/C11H15FN2O3/c1-2-11(6-15,7-16)14-10(17)8-3-4-13-5-9(8)12/h3-5,15-16H,2,6-7H2,1H3,(H,14,17). The maximum absolute atomic E-state index is 13.3. The highest BCUT2D eigenvalue weighted by Crippen LogP contribution is 2.11. The van der Waals surface area contributed by atoms with E-state index in [-0.39, 0.29) is 5.56 Å². The summed E-state index contributed by atoms with van der Waals surface area (Å²) in [5, 5.41) is 20.8. The summed E-state index contributed by atoms with van der Waals surface area (Å²) in [5.74, 6) is -1.43. The van der Waals surface area contributed by atoms with Gasteiger partial charge in [-0.2, -0.15) is 0 Å². The van der Waals surface area contributed by atoms with Gasteiger partial charge in [-0.15, -0.1) is 0 Å². The van der Waals surface area contributed by atoms with E-state index in [1.165, 1.54) is 12.3 Å². The van der Waals surface area contributed by atoms with E-state index < -0.39 is 30.5 Å². The topological polar surface area (TPSA) is 82.5 Å². The van der Waals surface area contributed by atoms with Crippen LogP contribution in [0.4, 0.5) is 4.39 Å². The number of rotatable bonds is 5. The predicted molar refractivity (Wildman–Crippen MR) is 58.9 cm³/mol. The number of hydrogen-bond acceptors (Lipinski definition) is 4. The zero-order chi connectivity index (χ0) is 12.9. The number of halogens is 1. The molecule has 0 aliphatic heterocycles. The van der Waals surface area contributed by atoms with Crippen LogP contribution in [0.2, 0.25) is 0 Å². The maximum Gasteiger partial charge on any atom is 0.254 e. The van der Waals surface area contributed by atoms with Gasteiger partial charge in [0.1, 0.15) is 0 Å². The minimum absolute atomic E-state index is 0.167. The Hall–Kier alpha value is -1.53. The molecule has 1 rings (SSSR count).